The molecule has 0 amide bonds. The van der Waals surface area contributed by atoms with Gasteiger partial charge in [0.25, 0.3) is 0 Å². The molecular formula is C21H20ClF2N5. The van der Waals surface area contributed by atoms with Crippen LogP contribution in [0.25, 0.3) is 11.3 Å². The van der Waals surface area contributed by atoms with Crippen LogP contribution in [0, 0.1) is 18.6 Å². The van der Waals surface area contributed by atoms with E-state index in [4.69, 9.17) is 11.6 Å². The molecule has 8 heteroatoms. The molecule has 1 fully saturated rings. The summed E-state index contributed by atoms with van der Waals surface area (Å²) in [5.41, 5.74) is 1.95. The fraction of sp³-hybridized carbons (Fsp3) is 0.286. The monoisotopic (exact) mass is 415 g/mol. The third-order valence-electron chi connectivity index (χ3n) is 5.10. The van der Waals surface area contributed by atoms with Gasteiger partial charge in [-0.1, -0.05) is 0 Å². The number of aromatic nitrogens is 3. The average molecular weight is 416 g/mol. The first-order chi connectivity index (χ1) is 13.9. The van der Waals surface area contributed by atoms with E-state index >= 15 is 0 Å². The number of pyridine rings is 1. The Balaban J connectivity index is 1.60. The van der Waals surface area contributed by atoms with Crippen LogP contribution in [0.1, 0.15) is 12.5 Å². The topological polar surface area (TPSA) is 45.2 Å². The number of halogens is 3. The lowest BCUT2D eigenvalue weighted by atomic mass is 10.1. The zero-order chi connectivity index (χ0) is 20.5. The zero-order valence-corrected chi connectivity index (χ0v) is 16.9. The number of hydrogen-bond acceptors (Lipinski definition) is 5. The van der Waals surface area contributed by atoms with Crippen molar-refractivity contribution in [2.45, 2.75) is 19.9 Å². The molecule has 0 radical (unpaired) electrons. The zero-order valence-electron chi connectivity index (χ0n) is 16.1. The first-order valence-corrected chi connectivity index (χ1v) is 9.73. The van der Waals surface area contributed by atoms with Crippen molar-refractivity contribution in [3.8, 4) is 11.3 Å². The van der Waals surface area contributed by atoms with Gasteiger partial charge in [-0.2, -0.15) is 0 Å². The van der Waals surface area contributed by atoms with Crippen molar-refractivity contribution in [3.05, 3.63) is 65.1 Å². The minimum Gasteiger partial charge on any atom is -0.350 e. The highest BCUT2D eigenvalue weighted by Crippen LogP contribution is 2.28. The highest BCUT2D eigenvalue weighted by Gasteiger charge is 2.27. The molecule has 4 rings (SSSR count). The maximum Gasteiger partial charge on any atom is 0.224 e. The van der Waals surface area contributed by atoms with Crippen LogP contribution in [-0.4, -0.2) is 40.6 Å². The molecule has 5 nitrogen and oxygen atoms in total. The predicted octanol–water partition coefficient (Wildman–Crippen LogP) is 4.49. The van der Waals surface area contributed by atoms with E-state index in [1.165, 1.54) is 12.1 Å². The van der Waals surface area contributed by atoms with Gasteiger partial charge in [0, 0.05) is 43.5 Å². The summed E-state index contributed by atoms with van der Waals surface area (Å²) in [5.74, 6) is 0.464. The number of piperazine rings is 1. The van der Waals surface area contributed by atoms with Crippen molar-refractivity contribution in [2.75, 3.05) is 29.4 Å². The number of anilines is 2. The van der Waals surface area contributed by atoms with Gasteiger partial charge in [0.15, 0.2) is 11.6 Å². The second-order valence-corrected chi connectivity index (χ2v) is 7.48. The second kappa shape index (κ2) is 7.91. The SMILES string of the molecule is Cc1cc(-c2cc(N3CCN(c4ncccc4F)C[C@@H]3C)nc(Cl)n2)ccc1F. The first kappa shape index (κ1) is 19.5. The van der Waals surface area contributed by atoms with E-state index in [0.29, 0.717) is 42.5 Å². The molecule has 3 heterocycles. The molecule has 150 valence electrons. The van der Waals surface area contributed by atoms with Crippen molar-refractivity contribution < 1.29 is 8.78 Å². The molecule has 29 heavy (non-hydrogen) atoms. The molecule has 0 spiro atoms. The summed E-state index contributed by atoms with van der Waals surface area (Å²) in [6.45, 7) is 5.59. The Morgan fingerprint density at radius 3 is 2.62 bits per heavy atom. The largest absolute Gasteiger partial charge is 0.350 e. The Kier molecular flexibility index (Phi) is 5.32. The molecule has 1 aromatic carbocycles. The standard InChI is InChI=1S/C21H20ClF2N5/c1-13-10-15(5-6-16(13)23)18-11-19(27-21(22)26-18)29-9-8-28(12-14(29)2)20-17(24)4-3-7-25-20/h3-7,10-11,14H,8-9,12H2,1-2H3/t14-/m0/s1. The molecule has 0 aliphatic carbocycles. The predicted molar refractivity (Wildman–Crippen MR) is 110 cm³/mol. The van der Waals surface area contributed by atoms with Crippen LogP contribution in [0.5, 0.6) is 0 Å². The van der Waals surface area contributed by atoms with E-state index in [9.17, 15) is 8.78 Å². The fourth-order valence-electron chi connectivity index (χ4n) is 3.61. The summed E-state index contributed by atoms with van der Waals surface area (Å²) >= 11 is 6.19. The number of aryl methyl sites for hydroxylation is 1. The summed E-state index contributed by atoms with van der Waals surface area (Å²) in [7, 11) is 0. The van der Waals surface area contributed by atoms with E-state index in [-0.39, 0.29) is 23.0 Å². The summed E-state index contributed by atoms with van der Waals surface area (Å²) in [6.07, 6.45) is 1.59. The Hall–Kier alpha value is -2.80. The van der Waals surface area contributed by atoms with Crippen LogP contribution >= 0.6 is 11.6 Å². The summed E-state index contributed by atoms with van der Waals surface area (Å²) in [5, 5.41) is 0.130. The third-order valence-corrected chi connectivity index (χ3v) is 5.27. The smallest absolute Gasteiger partial charge is 0.224 e. The van der Waals surface area contributed by atoms with E-state index in [0.717, 1.165) is 5.56 Å². The number of benzene rings is 1. The maximum absolute atomic E-state index is 14.1. The van der Waals surface area contributed by atoms with Gasteiger partial charge in [0.05, 0.1) is 5.69 Å². The van der Waals surface area contributed by atoms with Crippen molar-refractivity contribution in [1.82, 2.24) is 15.0 Å². The third kappa shape index (κ3) is 4.00. The highest BCUT2D eigenvalue weighted by atomic mass is 35.5. The lowest BCUT2D eigenvalue weighted by molar-refractivity contribution is 0.528. The van der Waals surface area contributed by atoms with E-state index in [2.05, 4.69) is 19.9 Å². The molecule has 3 aromatic rings. The Morgan fingerprint density at radius 2 is 1.90 bits per heavy atom. The molecule has 1 aliphatic rings. The molecule has 1 saturated heterocycles. The van der Waals surface area contributed by atoms with E-state index in [1.54, 1.807) is 31.3 Å². The van der Waals surface area contributed by atoms with Crippen molar-refractivity contribution in [3.63, 3.8) is 0 Å². The molecular weight excluding hydrogens is 396 g/mol. The Bertz CT molecular complexity index is 1050. The minimum absolute atomic E-state index is 0.0546. The lowest BCUT2D eigenvalue weighted by Gasteiger charge is -2.41. The van der Waals surface area contributed by atoms with Gasteiger partial charge < -0.3 is 9.80 Å². The summed E-state index contributed by atoms with van der Waals surface area (Å²) in [6, 6.07) is 9.74. The minimum atomic E-state index is -0.327. The second-order valence-electron chi connectivity index (χ2n) is 7.14. The van der Waals surface area contributed by atoms with E-state index < -0.39 is 0 Å². The molecule has 0 saturated carbocycles. The van der Waals surface area contributed by atoms with Gasteiger partial charge in [-0.25, -0.2) is 23.7 Å². The van der Waals surface area contributed by atoms with Crippen molar-refractivity contribution in [1.29, 1.82) is 0 Å². The van der Waals surface area contributed by atoms with Crippen LogP contribution in [0.2, 0.25) is 5.28 Å². The van der Waals surface area contributed by atoms with Crippen molar-refractivity contribution >= 4 is 23.2 Å². The van der Waals surface area contributed by atoms with Crippen LogP contribution in [-0.2, 0) is 0 Å². The number of hydrogen-bond donors (Lipinski definition) is 0. The first-order valence-electron chi connectivity index (χ1n) is 9.35. The van der Waals surface area contributed by atoms with Crippen LogP contribution < -0.4 is 9.80 Å². The fourth-order valence-corrected chi connectivity index (χ4v) is 3.78. The van der Waals surface area contributed by atoms with Gasteiger partial charge in [0.1, 0.15) is 11.6 Å². The number of rotatable bonds is 3. The van der Waals surface area contributed by atoms with Crippen LogP contribution in [0.15, 0.2) is 42.6 Å². The van der Waals surface area contributed by atoms with Crippen LogP contribution in [0.4, 0.5) is 20.4 Å². The lowest BCUT2D eigenvalue weighted by Crippen LogP contribution is -2.53. The number of nitrogens with zero attached hydrogens (tertiary/aromatic N) is 5. The molecule has 2 aromatic heterocycles. The normalized spacial score (nSPS) is 16.9. The van der Waals surface area contributed by atoms with E-state index in [1.807, 2.05) is 17.9 Å². The summed E-state index contributed by atoms with van der Waals surface area (Å²) < 4.78 is 27.7. The molecule has 1 aliphatic heterocycles. The average Bonchev–Trinajstić information content (AvgIpc) is 2.70. The Labute approximate surface area is 173 Å². The van der Waals surface area contributed by atoms with Crippen molar-refractivity contribution in [2.24, 2.45) is 0 Å². The quantitative estimate of drug-likeness (QED) is 0.589. The maximum atomic E-state index is 14.1. The molecule has 1 atom stereocenters. The molecule has 0 N–H and O–H groups in total. The van der Waals surface area contributed by atoms with Gasteiger partial charge in [-0.15, -0.1) is 0 Å². The molecule has 0 unspecified atom stereocenters. The Morgan fingerprint density at radius 1 is 1.07 bits per heavy atom. The van der Waals surface area contributed by atoms with Gasteiger partial charge in [0.2, 0.25) is 5.28 Å². The van der Waals surface area contributed by atoms with Gasteiger partial charge in [-0.3, -0.25) is 0 Å². The van der Waals surface area contributed by atoms with Gasteiger partial charge >= 0.3 is 0 Å². The van der Waals surface area contributed by atoms with Gasteiger partial charge in [-0.05, 0) is 61.3 Å². The molecule has 0 bridgehead atoms. The van der Waals surface area contributed by atoms with Crippen LogP contribution in [0.3, 0.4) is 0 Å². The summed E-state index contributed by atoms with van der Waals surface area (Å²) in [4.78, 5) is 16.9. The highest BCUT2D eigenvalue weighted by molar-refractivity contribution is 6.28.